The van der Waals surface area contributed by atoms with Gasteiger partial charge in [-0.3, -0.25) is 4.79 Å². The number of benzene rings is 1. The maximum absolute atomic E-state index is 11.6. The number of carboxylic acid groups (broad SMARTS) is 1. The Kier molecular flexibility index (Phi) is 4.51. The molecule has 1 aliphatic carbocycles. The first-order chi connectivity index (χ1) is 13.7. The van der Waals surface area contributed by atoms with Crippen LogP contribution in [-0.2, 0) is 24.1 Å². The Morgan fingerprint density at radius 3 is 2.86 bits per heavy atom. The fraction of sp³-hybridized carbons (Fsp3) is 0.409. The lowest BCUT2D eigenvalue weighted by Gasteiger charge is -2.32. The predicted molar refractivity (Wildman–Crippen MR) is 111 cm³/mol. The van der Waals surface area contributed by atoms with Crippen LogP contribution in [0, 0.1) is 5.92 Å². The molecule has 3 aromatic rings. The highest BCUT2D eigenvalue weighted by Crippen LogP contribution is 2.41. The molecule has 1 aliphatic heterocycles. The summed E-state index contributed by atoms with van der Waals surface area (Å²) in [5, 5.41) is 10.7. The normalized spacial score (nSPS) is 19.1. The maximum atomic E-state index is 11.6. The highest BCUT2D eigenvalue weighted by atomic mass is 32.1. The molecule has 0 spiro atoms. The summed E-state index contributed by atoms with van der Waals surface area (Å²) >= 11 is 1.80. The summed E-state index contributed by atoms with van der Waals surface area (Å²) in [5.41, 5.74) is 2.60. The highest BCUT2D eigenvalue weighted by molar-refractivity contribution is 7.19. The number of aryl methyl sites for hydroxylation is 2. The van der Waals surface area contributed by atoms with Gasteiger partial charge in [0.15, 0.2) is 0 Å². The van der Waals surface area contributed by atoms with Crippen LogP contribution in [0.5, 0.6) is 0 Å². The van der Waals surface area contributed by atoms with Crippen LogP contribution in [0.2, 0.25) is 0 Å². The zero-order valence-corrected chi connectivity index (χ0v) is 16.5. The van der Waals surface area contributed by atoms with Crippen molar-refractivity contribution in [2.45, 2.75) is 38.5 Å². The van der Waals surface area contributed by atoms with Crippen molar-refractivity contribution < 1.29 is 9.90 Å². The van der Waals surface area contributed by atoms with E-state index in [0.29, 0.717) is 13.0 Å². The van der Waals surface area contributed by atoms with Gasteiger partial charge in [0.05, 0.1) is 11.3 Å². The average molecular weight is 394 g/mol. The number of carboxylic acids is 1. The van der Waals surface area contributed by atoms with Crippen LogP contribution in [0.4, 0.5) is 5.82 Å². The van der Waals surface area contributed by atoms with Crippen molar-refractivity contribution in [1.82, 2.24) is 9.97 Å². The monoisotopic (exact) mass is 393 g/mol. The fourth-order valence-corrected chi connectivity index (χ4v) is 5.75. The largest absolute Gasteiger partial charge is 0.481 e. The highest BCUT2D eigenvalue weighted by Gasteiger charge is 2.30. The number of thiophene rings is 1. The number of rotatable bonds is 4. The number of hydrogen-bond donors (Lipinski definition) is 1. The topological polar surface area (TPSA) is 66.3 Å². The van der Waals surface area contributed by atoms with Crippen molar-refractivity contribution in [3.63, 3.8) is 0 Å². The summed E-state index contributed by atoms with van der Waals surface area (Å²) in [5.74, 6) is 0.769. The van der Waals surface area contributed by atoms with E-state index in [0.717, 1.165) is 48.7 Å². The van der Waals surface area contributed by atoms with Crippen molar-refractivity contribution in [3.8, 4) is 0 Å². The van der Waals surface area contributed by atoms with E-state index in [1.807, 2.05) is 18.2 Å². The van der Waals surface area contributed by atoms with Crippen molar-refractivity contribution in [1.29, 1.82) is 0 Å². The van der Waals surface area contributed by atoms with Gasteiger partial charge in [0.1, 0.15) is 16.5 Å². The average Bonchev–Trinajstić information content (AvgIpc) is 3.29. The van der Waals surface area contributed by atoms with Crippen LogP contribution in [0.15, 0.2) is 30.3 Å². The van der Waals surface area contributed by atoms with E-state index in [1.165, 1.54) is 27.8 Å². The number of fused-ring (bicyclic) bond motifs is 3. The summed E-state index contributed by atoms with van der Waals surface area (Å²) in [6, 6.07) is 10.3. The van der Waals surface area contributed by atoms with Gasteiger partial charge in [0.2, 0.25) is 0 Å². The molecule has 3 heterocycles. The third-order valence-electron chi connectivity index (χ3n) is 5.87. The minimum atomic E-state index is -0.699. The van der Waals surface area contributed by atoms with Crippen LogP contribution in [0.25, 0.3) is 10.2 Å². The first-order valence-corrected chi connectivity index (χ1v) is 10.8. The molecule has 5 nitrogen and oxygen atoms in total. The van der Waals surface area contributed by atoms with Gasteiger partial charge < -0.3 is 10.0 Å². The van der Waals surface area contributed by atoms with Crippen molar-refractivity contribution in [2.24, 2.45) is 5.92 Å². The second-order valence-corrected chi connectivity index (χ2v) is 8.87. The van der Waals surface area contributed by atoms with Crippen LogP contribution in [0.3, 0.4) is 0 Å². The molecule has 1 saturated heterocycles. The van der Waals surface area contributed by atoms with Crippen LogP contribution in [-0.4, -0.2) is 34.1 Å². The number of piperidine rings is 1. The van der Waals surface area contributed by atoms with E-state index in [1.54, 1.807) is 11.3 Å². The Labute approximate surface area is 168 Å². The zero-order valence-electron chi connectivity index (χ0n) is 15.7. The summed E-state index contributed by atoms with van der Waals surface area (Å²) in [6.07, 6.45) is 5.74. The molecule has 0 saturated carbocycles. The summed E-state index contributed by atoms with van der Waals surface area (Å²) < 4.78 is 0. The molecule has 0 bridgehead atoms. The molecule has 2 aromatic heterocycles. The lowest BCUT2D eigenvalue weighted by molar-refractivity contribution is -0.141. The molecule has 28 heavy (non-hydrogen) atoms. The predicted octanol–water partition coefficient (Wildman–Crippen LogP) is 4.07. The lowest BCUT2D eigenvalue weighted by Crippen LogP contribution is -2.39. The first-order valence-electron chi connectivity index (χ1n) is 10.0. The number of aliphatic carboxylic acids is 1. The molecule has 5 rings (SSSR count). The van der Waals surface area contributed by atoms with Crippen molar-refractivity contribution >= 4 is 33.3 Å². The molecule has 0 amide bonds. The van der Waals surface area contributed by atoms with Gasteiger partial charge >= 0.3 is 5.97 Å². The summed E-state index contributed by atoms with van der Waals surface area (Å²) in [4.78, 5) is 26.2. The number of nitrogens with zero attached hydrogens (tertiary/aromatic N) is 3. The second kappa shape index (κ2) is 7.17. The quantitative estimate of drug-likeness (QED) is 0.724. The van der Waals surface area contributed by atoms with Gasteiger partial charge in [-0.25, -0.2) is 9.97 Å². The Balaban J connectivity index is 1.59. The smallest absolute Gasteiger partial charge is 0.308 e. The summed E-state index contributed by atoms with van der Waals surface area (Å²) in [7, 11) is 0. The Bertz CT molecular complexity index is 1030. The number of aromatic nitrogens is 2. The summed E-state index contributed by atoms with van der Waals surface area (Å²) in [6.45, 7) is 1.40. The van der Waals surface area contributed by atoms with Gasteiger partial charge in [-0.1, -0.05) is 30.3 Å². The standard InChI is InChI=1S/C22H23N3O2S/c26-22(27)15-8-5-11-25(13-15)20-19-16-9-4-10-17(16)28-21(19)24-18(23-20)12-14-6-2-1-3-7-14/h1-3,6-7,15H,4-5,8-13H2,(H,26,27). The fourth-order valence-electron chi connectivity index (χ4n) is 4.48. The van der Waals surface area contributed by atoms with Crippen molar-refractivity contribution in [2.75, 3.05) is 18.0 Å². The molecule has 1 fully saturated rings. The maximum Gasteiger partial charge on any atom is 0.308 e. The molecule has 2 aliphatic rings. The first kappa shape index (κ1) is 17.6. The second-order valence-electron chi connectivity index (χ2n) is 7.79. The van der Waals surface area contributed by atoms with Crippen molar-refractivity contribution in [3.05, 3.63) is 52.2 Å². The molecule has 0 radical (unpaired) electrons. The van der Waals surface area contributed by atoms with Crippen LogP contribution >= 0.6 is 11.3 Å². The number of carbonyl (C=O) groups is 1. The van der Waals surface area contributed by atoms with Gasteiger partial charge in [-0.15, -0.1) is 11.3 Å². The van der Waals surface area contributed by atoms with E-state index < -0.39 is 5.97 Å². The Hall–Kier alpha value is -2.47. The molecular weight excluding hydrogens is 370 g/mol. The van der Waals surface area contributed by atoms with Crippen LogP contribution < -0.4 is 4.90 Å². The Morgan fingerprint density at radius 1 is 1.18 bits per heavy atom. The molecule has 1 atom stereocenters. The van der Waals surface area contributed by atoms with Gasteiger partial charge in [0, 0.05) is 24.4 Å². The molecule has 1 aromatic carbocycles. The molecule has 1 N–H and O–H groups in total. The van der Waals surface area contributed by atoms with Gasteiger partial charge in [-0.2, -0.15) is 0 Å². The molecular formula is C22H23N3O2S. The van der Waals surface area contributed by atoms with E-state index >= 15 is 0 Å². The Morgan fingerprint density at radius 2 is 2.04 bits per heavy atom. The minimum Gasteiger partial charge on any atom is -0.481 e. The molecule has 6 heteroatoms. The van der Waals surface area contributed by atoms with E-state index in [4.69, 9.17) is 9.97 Å². The third-order valence-corrected chi connectivity index (χ3v) is 7.05. The number of anilines is 1. The molecule has 1 unspecified atom stereocenters. The SMILES string of the molecule is O=C(O)C1CCCN(c2nc(Cc3ccccc3)nc3sc4c(c23)CCC4)C1. The van der Waals surface area contributed by atoms with E-state index in [2.05, 4.69) is 17.0 Å². The zero-order chi connectivity index (χ0) is 19.1. The van der Waals surface area contributed by atoms with Gasteiger partial charge in [-0.05, 0) is 43.2 Å². The van der Waals surface area contributed by atoms with Gasteiger partial charge in [0.25, 0.3) is 0 Å². The van der Waals surface area contributed by atoms with E-state index in [9.17, 15) is 9.90 Å². The number of hydrogen-bond acceptors (Lipinski definition) is 5. The van der Waals surface area contributed by atoms with Crippen LogP contribution in [0.1, 0.15) is 41.1 Å². The molecule has 144 valence electrons. The third kappa shape index (κ3) is 3.15. The lowest BCUT2D eigenvalue weighted by atomic mass is 9.98. The minimum absolute atomic E-state index is 0.317. The van der Waals surface area contributed by atoms with E-state index in [-0.39, 0.29) is 5.92 Å².